The Morgan fingerprint density at radius 2 is 1.81 bits per heavy atom. The molecule has 154 valence electrons. The van der Waals surface area contributed by atoms with Crippen LogP contribution in [0.5, 0.6) is 0 Å². The molecule has 1 amide bonds. The van der Waals surface area contributed by atoms with Gasteiger partial charge in [-0.1, -0.05) is 0 Å². The third kappa shape index (κ3) is 4.75. The van der Waals surface area contributed by atoms with Crippen molar-refractivity contribution < 1.29 is 36.5 Å². The second-order valence-corrected chi connectivity index (χ2v) is 11.5. The standard InChI is InChI=1S/C16H25NO8S2/c1-15(2,3)14(20)24-8-23-13(19)10-16(4,5)26-12-9(11(18)17(10)12)7-25-27(6,21)22/h9-10,12H,7-8H2,1-6H3/t9-,10-,12+/m0/s1. The fourth-order valence-electron chi connectivity index (χ4n) is 2.86. The van der Waals surface area contributed by atoms with Crippen LogP contribution in [0.1, 0.15) is 34.6 Å². The monoisotopic (exact) mass is 423 g/mol. The Labute approximate surface area is 163 Å². The van der Waals surface area contributed by atoms with Gasteiger partial charge in [0.15, 0.2) is 0 Å². The van der Waals surface area contributed by atoms with Crippen molar-refractivity contribution in [3.05, 3.63) is 0 Å². The maximum absolute atomic E-state index is 12.5. The molecule has 2 saturated heterocycles. The van der Waals surface area contributed by atoms with E-state index in [1.807, 2.05) is 0 Å². The first-order chi connectivity index (χ1) is 12.1. The van der Waals surface area contributed by atoms with E-state index < -0.39 is 51.0 Å². The second-order valence-electron chi connectivity index (χ2n) is 8.12. The van der Waals surface area contributed by atoms with Gasteiger partial charge in [0.25, 0.3) is 10.1 Å². The van der Waals surface area contributed by atoms with Gasteiger partial charge in [-0.05, 0) is 34.6 Å². The molecule has 0 radical (unpaired) electrons. The van der Waals surface area contributed by atoms with E-state index in [4.69, 9.17) is 13.7 Å². The van der Waals surface area contributed by atoms with Crippen molar-refractivity contribution in [2.24, 2.45) is 11.3 Å². The maximum atomic E-state index is 12.5. The zero-order valence-corrected chi connectivity index (χ0v) is 17.8. The van der Waals surface area contributed by atoms with Crippen LogP contribution in [-0.2, 0) is 38.2 Å². The molecule has 11 heteroatoms. The number of esters is 2. The lowest BCUT2D eigenvalue weighted by Crippen LogP contribution is -2.64. The minimum Gasteiger partial charge on any atom is -0.427 e. The van der Waals surface area contributed by atoms with E-state index in [0.29, 0.717) is 0 Å². The lowest BCUT2D eigenvalue weighted by Gasteiger charge is -2.43. The Morgan fingerprint density at radius 1 is 1.22 bits per heavy atom. The summed E-state index contributed by atoms with van der Waals surface area (Å²) in [4.78, 5) is 38.0. The molecule has 3 atom stereocenters. The molecule has 9 nitrogen and oxygen atoms in total. The molecule has 2 heterocycles. The first kappa shape index (κ1) is 22.0. The number of hydrogen-bond donors (Lipinski definition) is 0. The highest BCUT2D eigenvalue weighted by atomic mass is 32.2. The van der Waals surface area contributed by atoms with Crippen molar-refractivity contribution in [3.8, 4) is 0 Å². The summed E-state index contributed by atoms with van der Waals surface area (Å²) in [7, 11) is -3.66. The molecule has 0 saturated carbocycles. The van der Waals surface area contributed by atoms with Crippen molar-refractivity contribution >= 4 is 39.7 Å². The van der Waals surface area contributed by atoms with E-state index in [1.165, 1.54) is 16.7 Å². The van der Waals surface area contributed by atoms with E-state index in [2.05, 4.69) is 0 Å². The van der Waals surface area contributed by atoms with E-state index in [0.717, 1.165) is 6.26 Å². The minimum absolute atomic E-state index is 0.257. The first-order valence-electron chi connectivity index (χ1n) is 8.33. The lowest BCUT2D eigenvalue weighted by atomic mass is 9.92. The number of β-lactam (4-membered cyclic amide) rings is 1. The largest absolute Gasteiger partial charge is 0.427 e. The predicted octanol–water partition coefficient (Wildman–Crippen LogP) is 0.731. The number of fused-ring (bicyclic) bond motifs is 1. The van der Waals surface area contributed by atoms with Crippen LogP contribution in [0.25, 0.3) is 0 Å². The van der Waals surface area contributed by atoms with Crippen molar-refractivity contribution in [1.29, 1.82) is 0 Å². The topological polar surface area (TPSA) is 116 Å². The number of nitrogens with zero attached hydrogens (tertiary/aromatic N) is 1. The zero-order chi connectivity index (χ0) is 20.8. The summed E-state index contributed by atoms with van der Waals surface area (Å²) in [5.41, 5.74) is -0.722. The predicted molar refractivity (Wildman–Crippen MR) is 96.9 cm³/mol. The highest BCUT2D eigenvalue weighted by Crippen LogP contribution is 2.53. The summed E-state index contributed by atoms with van der Waals surface area (Å²) in [6, 6.07) is -0.858. The van der Waals surface area contributed by atoms with Gasteiger partial charge in [0.2, 0.25) is 12.7 Å². The molecule has 0 unspecified atom stereocenters. The lowest BCUT2D eigenvalue weighted by molar-refractivity contribution is -0.181. The van der Waals surface area contributed by atoms with Crippen LogP contribution in [0.15, 0.2) is 0 Å². The minimum atomic E-state index is -3.66. The van der Waals surface area contributed by atoms with Crippen LogP contribution in [0.3, 0.4) is 0 Å². The van der Waals surface area contributed by atoms with Crippen molar-refractivity contribution in [1.82, 2.24) is 4.90 Å². The summed E-state index contributed by atoms with van der Waals surface area (Å²) in [6.07, 6.45) is 0.915. The Kier molecular flexibility index (Phi) is 5.90. The summed E-state index contributed by atoms with van der Waals surface area (Å²) in [5, 5.41) is -0.371. The first-order valence-corrected chi connectivity index (χ1v) is 11.0. The number of ether oxygens (including phenoxy) is 2. The molecule has 0 bridgehead atoms. The zero-order valence-electron chi connectivity index (χ0n) is 16.2. The van der Waals surface area contributed by atoms with E-state index in [9.17, 15) is 22.8 Å². The molecule has 2 rings (SSSR count). The summed E-state index contributed by atoms with van der Waals surface area (Å²) in [6.45, 7) is 7.84. The molecule has 0 N–H and O–H groups in total. The average molecular weight is 424 g/mol. The molecule has 27 heavy (non-hydrogen) atoms. The number of rotatable bonds is 6. The van der Waals surface area contributed by atoms with Crippen molar-refractivity contribution in [2.45, 2.75) is 50.8 Å². The third-order valence-electron chi connectivity index (χ3n) is 4.24. The second kappa shape index (κ2) is 7.25. The van der Waals surface area contributed by atoms with E-state index in [1.54, 1.807) is 34.6 Å². The number of carbonyl (C=O) groups excluding carboxylic acids is 3. The third-order valence-corrected chi connectivity index (χ3v) is 6.43. The molecular weight excluding hydrogens is 398 g/mol. The highest BCUT2D eigenvalue weighted by Gasteiger charge is 2.64. The molecule has 2 aliphatic heterocycles. The Bertz CT molecular complexity index is 740. The van der Waals surface area contributed by atoms with Gasteiger partial charge in [-0.25, -0.2) is 4.79 Å². The Balaban J connectivity index is 1.98. The quantitative estimate of drug-likeness (QED) is 0.264. The molecular formula is C16H25NO8S2. The summed E-state index contributed by atoms with van der Waals surface area (Å²) < 4.78 is 36.4. The van der Waals surface area contributed by atoms with Gasteiger partial charge in [0.05, 0.1) is 29.6 Å². The van der Waals surface area contributed by atoms with Gasteiger partial charge in [-0.15, -0.1) is 11.8 Å². The van der Waals surface area contributed by atoms with Gasteiger partial charge in [-0.3, -0.25) is 13.8 Å². The number of hydrogen-bond acceptors (Lipinski definition) is 9. The molecule has 0 aromatic heterocycles. The fraction of sp³-hybridized carbons (Fsp3) is 0.812. The molecule has 2 fully saturated rings. The fourth-order valence-corrected chi connectivity index (χ4v) is 4.91. The van der Waals surface area contributed by atoms with Crippen molar-refractivity contribution in [2.75, 3.05) is 19.7 Å². The molecule has 0 aromatic rings. The molecule has 0 aliphatic carbocycles. The van der Waals surface area contributed by atoms with E-state index >= 15 is 0 Å². The van der Waals surface area contributed by atoms with Gasteiger partial charge in [0, 0.05) is 4.75 Å². The van der Waals surface area contributed by atoms with Crippen LogP contribution < -0.4 is 0 Å². The van der Waals surface area contributed by atoms with Gasteiger partial charge in [0.1, 0.15) is 6.04 Å². The van der Waals surface area contributed by atoms with Crippen LogP contribution in [0.2, 0.25) is 0 Å². The molecule has 0 aromatic carbocycles. The smallest absolute Gasteiger partial charge is 0.333 e. The van der Waals surface area contributed by atoms with Crippen LogP contribution >= 0.6 is 11.8 Å². The van der Waals surface area contributed by atoms with Crippen molar-refractivity contribution in [3.63, 3.8) is 0 Å². The SMILES string of the molecule is CC(C)(C)C(=O)OCOC(=O)[C@@H]1N2C(=O)[C@H](COS(C)(=O)=O)[C@H]2SC1(C)C. The number of carbonyl (C=O) groups is 3. The normalized spacial score (nSPS) is 27.0. The van der Waals surface area contributed by atoms with E-state index in [-0.39, 0.29) is 17.9 Å². The summed E-state index contributed by atoms with van der Waals surface area (Å²) in [5.74, 6) is -2.19. The Morgan fingerprint density at radius 3 is 2.33 bits per heavy atom. The Hall–Kier alpha value is -1.33. The van der Waals surface area contributed by atoms with Crippen LogP contribution in [0.4, 0.5) is 0 Å². The molecule has 0 spiro atoms. The van der Waals surface area contributed by atoms with Gasteiger partial charge >= 0.3 is 11.9 Å². The number of thioether (sulfide) groups is 1. The maximum Gasteiger partial charge on any atom is 0.333 e. The molecule has 2 aliphatic rings. The number of amides is 1. The average Bonchev–Trinajstić information content (AvgIpc) is 2.73. The highest BCUT2D eigenvalue weighted by molar-refractivity contribution is 8.01. The van der Waals surface area contributed by atoms with Crippen LogP contribution in [0, 0.1) is 11.3 Å². The summed E-state index contributed by atoms with van der Waals surface area (Å²) >= 11 is 1.38. The van der Waals surface area contributed by atoms with Gasteiger partial charge < -0.3 is 14.4 Å². The van der Waals surface area contributed by atoms with Crippen LogP contribution in [-0.4, -0.2) is 67.0 Å². The van der Waals surface area contributed by atoms with Gasteiger partial charge in [-0.2, -0.15) is 8.42 Å².